The molecule has 170 valence electrons. The van der Waals surface area contributed by atoms with E-state index in [4.69, 9.17) is 10.5 Å². The minimum Gasteiger partial charge on any atom is -0.377 e. The number of carbonyl (C=O) groups excluding carboxylic acids is 3. The van der Waals surface area contributed by atoms with Gasteiger partial charge < -0.3 is 20.3 Å². The van der Waals surface area contributed by atoms with Gasteiger partial charge in [0.1, 0.15) is 0 Å². The highest BCUT2D eigenvalue weighted by Gasteiger charge is 2.38. The molecule has 2 aromatic carbocycles. The van der Waals surface area contributed by atoms with Gasteiger partial charge in [0, 0.05) is 51.7 Å². The van der Waals surface area contributed by atoms with Crippen molar-refractivity contribution in [3.8, 4) is 0 Å². The second-order valence-corrected chi connectivity index (χ2v) is 8.28. The van der Waals surface area contributed by atoms with E-state index in [0.717, 1.165) is 16.7 Å². The number of carbonyl (C=O) groups is 3. The lowest BCUT2D eigenvalue weighted by molar-refractivity contribution is -0.128. The van der Waals surface area contributed by atoms with Crippen molar-refractivity contribution in [3.63, 3.8) is 0 Å². The molecule has 0 bridgehead atoms. The molecule has 2 aromatic rings. The van der Waals surface area contributed by atoms with Crippen molar-refractivity contribution < 1.29 is 19.1 Å². The Balaban J connectivity index is 1.64. The number of rotatable bonds is 8. The quantitative estimate of drug-likeness (QED) is 0.687. The van der Waals surface area contributed by atoms with E-state index in [1.807, 2.05) is 55.5 Å². The smallest absolute Gasteiger partial charge is 0.253 e. The summed E-state index contributed by atoms with van der Waals surface area (Å²) in [5.41, 5.74) is 9.19. The highest BCUT2D eigenvalue weighted by atomic mass is 16.5. The van der Waals surface area contributed by atoms with E-state index in [1.165, 1.54) is 6.92 Å². The molecular formula is C25H31N3O4. The first-order chi connectivity index (χ1) is 15.3. The average Bonchev–Trinajstić information content (AvgIpc) is 3.24. The van der Waals surface area contributed by atoms with Crippen molar-refractivity contribution in [1.29, 1.82) is 0 Å². The van der Waals surface area contributed by atoms with Crippen LogP contribution in [-0.4, -0.2) is 54.3 Å². The van der Waals surface area contributed by atoms with Crippen LogP contribution in [-0.2, 0) is 27.5 Å². The van der Waals surface area contributed by atoms with Crippen LogP contribution in [0.25, 0.3) is 0 Å². The topological polar surface area (TPSA) is 92.9 Å². The van der Waals surface area contributed by atoms with Crippen molar-refractivity contribution in [2.75, 3.05) is 26.7 Å². The zero-order valence-corrected chi connectivity index (χ0v) is 18.9. The standard InChI is InChI=1S/C25H31N3O4/c1-4-32-16-19-7-11-21(12-8-19)25(31)27(3)13-18-5-9-20(10-6-18)22-14-28(17(2)29)15-23(22)24(26)30/h5-12,22-23H,4,13-16H2,1-3H3,(H2,26,30)/t22-,23+/m1/s1. The maximum atomic E-state index is 12.8. The number of benzene rings is 2. The van der Waals surface area contributed by atoms with Crippen molar-refractivity contribution in [1.82, 2.24) is 9.80 Å². The summed E-state index contributed by atoms with van der Waals surface area (Å²) in [4.78, 5) is 39.7. The lowest BCUT2D eigenvalue weighted by Gasteiger charge is -2.19. The van der Waals surface area contributed by atoms with E-state index in [2.05, 4.69) is 0 Å². The molecule has 7 heteroatoms. The second-order valence-electron chi connectivity index (χ2n) is 8.28. The van der Waals surface area contributed by atoms with E-state index in [9.17, 15) is 14.4 Å². The average molecular weight is 438 g/mol. The third-order valence-corrected chi connectivity index (χ3v) is 5.98. The van der Waals surface area contributed by atoms with Crippen molar-refractivity contribution in [2.45, 2.75) is 32.9 Å². The molecule has 7 nitrogen and oxygen atoms in total. The van der Waals surface area contributed by atoms with Crippen LogP contribution in [0.3, 0.4) is 0 Å². The molecule has 2 N–H and O–H groups in total. The van der Waals surface area contributed by atoms with Crippen LogP contribution in [0.4, 0.5) is 0 Å². The lowest BCUT2D eigenvalue weighted by atomic mass is 9.88. The summed E-state index contributed by atoms with van der Waals surface area (Å²) in [5.74, 6) is -1.000. The van der Waals surface area contributed by atoms with Gasteiger partial charge in [-0.25, -0.2) is 0 Å². The fourth-order valence-electron chi connectivity index (χ4n) is 4.09. The Labute approximate surface area is 189 Å². The van der Waals surface area contributed by atoms with Crippen LogP contribution in [0.15, 0.2) is 48.5 Å². The van der Waals surface area contributed by atoms with Gasteiger partial charge >= 0.3 is 0 Å². The molecule has 1 heterocycles. The van der Waals surface area contributed by atoms with Gasteiger partial charge in [-0.15, -0.1) is 0 Å². The highest BCUT2D eigenvalue weighted by Crippen LogP contribution is 2.32. The number of nitrogens with zero attached hydrogens (tertiary/aromatic N) is 2. The van der Waals surface area contributed by atoms with E-state index < -0.39 is 0 Å². The molecule has 1 aliphatic heterocycles. The predicted octanol–water partition coefficient (Wildman–Crippen LogP) is 2.54. The summed E-state index contributed by atoms with van der Waals surface area (Å²) in [6.07, 6.45) is 0. The Morgan fingerprint density at radius 1 is 1.03 bits per heavy atom. The molecule has 1 saturated heterocycles. The third kappa shape index (κ3) is 5.53. The van der Waals surface area contributed by atoms with Crippen molar-refractivity contribution >= 4 is 17.7 Å². The van der Waals surface area contributed by atoms with Crippen molar-refractivity contribution in [3.05, 3.63) is 70.8 Å². The van der Waals surface area contributed by atoms with Gasteiger partial charge in [-0.1, -0.05) is 36.4 Å². The van der Waals surface area contributed by atoms with Crippen LogP contribution in [0.1, 0.15) is 46.8 Å². The van der Waals surface area contributed by atoms with Gasteiger partial charge in [-0.2, -0.15) is 0 Å². The van der Waals surface area contributed by atoms with E-state index in [-0.39, 0.29) is 29.6 Å². The van der Waals surface area contributed by atoms with Crippen LogP contribution < -0.4 is 5.73 Å². The first kappa shape index (κ1) is 23.5. The molecule has 32 heavy (non-hydrogen) atoms. The zero-order chi connectivity index (χ0) is 23.3. The van der Waals surface area contributed by atoms with E-state index in [1.54, 1.807) is 16.8 Å². The molecule has 0 unspecified atom stereocenters. The maximum Gasteiger partial charge on any atom is 0.253 e. The normalized spacial score (nSPS) is 17.9. The molecule has 0 spiro atoms. The Morgan fingerprint density at radius 2 is 1.66 bits per heavy atom. The molecular weight excluding hydrogens is 406 g/mol. The van der Waals surface area contributed by atoms with Gasteiger partial charge in [0.25, 0.3) is 5.91 Å². The summed E-state index contributed by atoms with van der Waals surface area (Å²) >= 11 is 0. The molecule has 0 aliphatic carbocycles. The van der Waals surface area contributed by atoms with Crippen LogP contribution in [0.2, 0.25) is 0 Å². The van der Waals surface area contributed by atoms with Crippen LogP contribution in [0, 0.1) is 5.92 Å². The van der Waals surface area contributed by atoms with Gasteiger partial charge in [0.15, 0.2) is 0 Å². The summed E-state index contributed by atoms with van der Waals surface area (Å²) in [6, 6.07) is 15.3. The molecule has 3 amide bonds. The molecule has 1 fully saturated rings. The van der Waals surface area contributed by atoms with Gasteiger partial charge in [0.2, 0.25) is 11.8 Å². The molecule has 0 aromatic heterocycles. The number of ether oxygens (including phenoxy) is 1. The largest absolute Gasteiger partial charge is 0.377 e. The molecule has 0 radical (unpaired) electrons. The minimum absolute atomic E-state index is 0.0542. The Bertz CT molecular complexity index is 956. The molecule has 2 atom stereocenters. The Morgan fingerprint density at radius 3 is 2.22 bits per heavy atom. The summed E-state index contributed by atoms with van der Waals surface area (Å²) in [7, 11) is 1.77. The van der Waals surface area contributed by atoms with Crippen LogP contribution in [0.5, 0.6) is 0 Å². The summed E-state index contributed by atoms with van der Waals surface area (Å²) in [6.45, 7) is 5.95. The highest BCUT2D eigenvalue weighted by molar-refractivity contribution is 5.94. The SMILES string of the molecule is CCOCc1ccc(C(=O)N(C)Cc2ccc([C@H]3CN(C(C)=O)C[C@@H]3C(N)=O)cc2)cc1. The number of primary amides is 1. The zero-order valence-electron chi connectivity index (χ0n) is 18.9. The fraction of sp³-hybridized carbons (Fsp3) is 0.400. The van der Waals surface area contributed by atoms with Crippen molar-refractivity contribution in [2.24, 2.45) is 11.7 Å². The Kier molecular flexibility index (Phi) is 7.64. The molecule has 3 rings (SSSR count). The summed E-state index contributed by atoms with van der Waals surface area (Å²) in [5, 5.41) is 0. The summed E-state index contributed by atoms with van der Waals surface area (Å²) < 4.78 is 5.39. The number of amides is 3. The van der Waals surface area contributed by atoms with Gasteiger partial charge in [-0.05, 0) is 35.7 Å². The van der Waals surface area contributed by atoms with Gasteiger partial charge in [-0.3, -0.25) is 14.4 Å². The number of nitrogens with two attached hydrogens (primary N) is 1. The predicted molar refractivity (Wildman–Crippen MR) is 122 cm³/mol. The second kappa shape index (κ2) is 10.4. The number of hydrogen-bond donors (Lipinski definition) is 1. The van der Waals surface area contributed by atoms with E-state index in [0.29, 0.717) is 38.4 Å². The van der Waals surface area contributed by atoms with Crippen LogP contribution >= 0.6 is 0 Å². The molecule has 1 aliphatic rings. The van der Waals surface area contributed by atoms with E-state index >= 15 is 0 Å². The fourth-order valence-corrected chi connectivity index (χ4v) is 4.09. The first-order valence-corrected chi connectivity index (χ1v) is 10.9. The monoisotopic (exact) mass is 437 g/mol. The molecule has 0 saturated carbocycles. The minimum atomic E-state index is -0.389. The number of likely N-dealkylation sites (tertiary alicyclic amines) is 1. The maximum absolute atomic E-state index is 12.8. The Hall–Kier alpha value is -3.19. The van der Waals surface area contributed by atoms with Gasteiger partial charge in [0.05, 0.1) is 12.5 Å². The number of hydrogen-bond acceptors (Lipinski definition) is 4. The lowest BCUT2D eigenvalue weighted by Crippen LogP contribution is -2.30. The first-order valence-electron chi connectivity index (χ1n) is 10.9. The third-order valence-electron chi connectivity index (χ3n) is 5.98.